The molecule has 0 unspecified atom stereocenters. The number of nitrogens with zero attached hydrogens (tertiary/aromatic N) is 5. The van der Waals surface area contributed by atoms with Crippen LogP contribution in [0.25, 0.3) is 22.2 Å². The monoisotopic (exact) mass is 569 g/mol. The van der Waals surface area contributed by atoms with E-state index in [9.17, 15) is 19.6 Å². The first kappa shape index (κ1) is 30.1. The fourth-order valence-corrected chi connectivity index (χ4v) is 4.75. The fraction of sp³-hybridized carbons (Fsp3) is 0.355. The molecule has 1 fully saturated rings. The SMILES string of the molecule is C=C(C#N)CN(C(=O)OC(C)(C)C)c1c(C(N)=O)ccc2ccc(-c3nccc(C(=O)NC4CCN(C)CC4)n3)cc12. The molecule has 1 aromatic heterocycles. The second-order valence-electron chi connectivity index (χ2n) is 11.4. The van der Waals surface area contributed by atoms with E-state index in [4.69, 9.17) is 10.5 Å². The summed E-state index contributed by atoms with van der Waals surface area (Å²) in [4.78, 5) is 51.3. The van der Waals surface area contributed by atoms with Gasteiger partial charge in [-0.05, 0) is 77.3 Å². The molecule has 0 aliphatic carbocycles. The van der Waals surface area contributed by atoms with E-state index in [1.165, 1.54) is 17.2 Å². The number of primary amides is 1. The number of hydrogen-bond donors (Lipinski definition) is 2. The highest BCUT2D eigenvalue weighted by Gasteiger charge is 2.29. The van der Waals surface area contributed by atoms with Crippen molar-refractivity contribution in [3.63, 3.8) is 0 Å². The van der Waals surface area contributed by atoms with E-state index in [0.717, 1.165) is 25.9 Å². The number of anilines is 1. The number of likely N-dealkylation sites (tertiary alicyclic amines) is 1. The van der Waals surface area contributed by atoms with Crippen molar-refractivity contribution < 1.29 is 19.1 Å². The van der Waals surface area contributed by atoms with Crippen molar-refractivity contribution in [3.8, 4) is 17.5 Å². The maximum Gasteiger partial charge on any atom is 0.415 e. The van der Waals surface area contributed by atoms with E-state index >= 15 is 0 Å². The van der Waals surface area contributed by atoms with Gasteiger partial charge in [0.25, 0.3) is 11.8 Å². The molecule has 3 N–H and O–H groups in total. The predicted octanol–water partition coefficient (Wildman–Crippen LogP) is 4.04. The molecule has 2 heterocycles. The van der Waals surface area contributed by atoms with Gasteiger partial charge in [-0.15, -0.1) is 0 Å². The molecule has 0 atom stereocenters. The number of rotatable bonds is 7. The molecular weight excluding hydrogens is 534 g/mol. The zero-order valence-corrected chi connectivity index (χ0v) is 24.3. The predicted molar refractivity (Wildman–Crippen MR) is 160 cm³/mol. The average molecular weight is 570 g/mol. The number of ether oxygens (including phenoxy) is 1. The third kappa shape index (κ3) is 7.08. The lowest BCUT2D eigenvalue weighted by atomic mass is 9.99. The van der Waals surface area contributed by atoms with E-state index in [1.54, 1.807) is 51.1 Å². The van der Waals surface area contributed by atoms with E-state index in [-0.39, 0.29) is 46.8 Å². The number of benzene rings is 2. The Hall–Kier alpha value is -4.82. The van der Waals surface area contributed by atoms with E-state index < -0.39 is 17.6 Å². The second-order valence-corrected chi connectivity index (χ2v) is 11.4. The molecule has 218 valence electrons. The smallest absolute Gasteiger partial charge is 0.415 e. The molecule has 0 bridgehead atoms. The summed E-state index contributed by atoms with van der Waals surface area (Å²) >= 11 is 0. The third-order valence-corrected chi connectivity index (χ3v) is 6.85. The van der Waals surface area contributed by atoms with Gasteiger partial charge in [0.05, 0.1) is 23.9 Å². The van der Waals surface area contributed by atoms with Crippen LogP contribution in [-0.2, 0) is 4.74 Å². The Bertz CT molecular complexity index is 1580. The second kappa shape index (κ2) is 12.4. The fourth-order valence-electron chi connectivity index (χ4n) is 4.75. The largest absolute Gasteiger partial charge is 0.443 e. The standard InChI is InChI=1S/C31H35N7O4/c1-19(17-32)18-38(30(41)42-31(2,3)4)26-23(27(33)39)9-8-20-6-7-21(16-24(20)26)28-34-13-10-25(36-28)29(40)35-22-11-14-37(5)15-12-22/h6-10,13,16,22H,1,11-12,14-15,18H2,2-5H3,(H2,33,39)(H,35,40). The number of nitrogens with one attached hydrogen (secondary N) is 1. The van der Waals surface area contributed by atoms with Crippen LogP contribution in [0.1, 0.15) is 54.5 Å². The molecule has 1 aliphatic rings. The average Bonchev–Trinajstić information content (AvgIpc) is 2.95. The summed E-state index contributed by atoms with van der Waals surface area (Å²) in [6.07, 6.45) is 2.47. The number of amides is 3. The summed E-state index contributed by atoms with van der Waals surface area (Å²) < 4.78 is 5.62. The highest BCUT2D eigenvalue weighted by atomic mass is 16.6. The summed E-state index contributed by atoms with van der Waals surface area (Å²) in [6.45, 7) is 10.5. The number of nitriles is 1. The van der Waals surface area contributed by atoms with Crippen LogP contribution in [0.2, 0.25) is 0 Å². The van der Waals surface area contributed by atoms with Crippen LogP contribution in [0, 0.1) is 11.3 Å². The minimum Gasteiger partial charge on any atom is -0.443 e. The van der Waals surface area contributed by atoms with E-state index in [0.29, 0.717) is 16.3 Å². The normalized spacial score (nSPS) is 14.2. The number of nitrogens with two attached hydrogens (primary N) is 1. The van der Waals surface area contributed by atoms with Crippen LogP contribution in [0.3, 0.4) is 0 Å². The first-order valence-corrected chi connectivity index (χ1v) is 13.6. The van der Waals surface area contributed by atoms with Gasteiger partial charge in [-0.3, -0.25) is 14.5 Å². The Morgan fingerprint density at radius 3 is 2.52 bits per heavy atom. The number of fused-ring (bicyclic) bond motifs is 1. The molecule has 0 spiro atoms. The summed E-state index contributed by atoms with van der Waals surface area (Å²) in [5, 5.41) is 13.7. The summed E-state index contributed by atoms with van der Waals surface area (Å²) in [5.74, 6) is -0.761. The highest BCUT2D eigenvalue weighted by Crippen LogP contribution is 2.35. The van der Waals surface area contributed by atoms with Crippen LogP contribution >= 0.6 is 0 Å². The maximum atomic E-state index is 13.4. The van der Waals surface area contributed by atoms with Gasteiger partial charge in [-0.1, -0.05) is 24.8 Å². The van der Waals surface area contributed by atoms with Gasteiger partial charge >= 0.3 is 6.09 Å². The van der Waals surface area contributed by atoms with Gasteiger partial charge < -0.3 is 20.7 Å². The molecule has 0 saturated carbocycles. The number of aromatic nitrogens is 2. The molecule has 11 heteroatoms. The molecule has 3 amide bonds. The van der Waals surface area contributed by atoms with Gasteiger partial charge in [-0.25, -0.2) is 14.8 Å². The first-order chi connectivity index (χ1) is 19.9. The summed E-state index contributed by atoms with van der Waals surface area (Å²) in [7, 11) is 2.06. The quantitative estimate of drug-likeness (QED) is 0.404. The van der Waals surface area contributed by atoms with E-state index in [1.807, 2.05) is 6.07 Å². The maximum absolute atomic E-state index is 13.4. The Morgan fingerprint density at radius 2 is 1.88 bits per heavy atom. The van der Waals surface area contributed by atoms with Gasteiger partial charge in [0.1, 0.15) is 11.3 Å². The minimum atomic E-state index is -0.853. The van der Waals surface area contributed by atoms with Crippen LogP contribution in [-0.4, -0.2) is 71.1 Å². The topological polar surface area (TPSA) is 155 Å². The zero-order valence-electron chi connectivity index (χ0n) is 24.3. The number of hydrogen-bond acceptors (Lipinski definition) is 8. The Balaban J connectivity index is 1.78. The van der Waals surface area contributed by atoms with Crippen LogP contribution in [0.5, 0.6) is 0 Å². The van der Waals surface area contributed by atoms with Crippen LogP contribution in [0.4, 0.5) is 10.5 Å². The van der Waals surface area contributed by atoms with Crippen LogP contribution in [0.15, 0.2) is 54.7 Å². The molecule has 2 aromatic carbocycles. The van der Waals surface area contributed by atoms with Crippen molar-refractivity contribution in [1.29, 1.82) is 5.26 Å². The Kier molecular flexibility index (Phi) is 8.87. The molecule has 3 aromatic rings. The Morgan fingerprint density at radius 1 is 1.19 bits per heavy atom. The molecule has 1 aliphatic heterocycles. The molecular formula is C31H35N7O4. The van der Waals surface area contributed by atoms with Gasteiger partial charge in [0.15, 0.2) is 5.82 Å². The lowest BCUT2D eigenvalue weighted by molar-refractivity contribution is 0.0584. The van der Waals surface area contributed by atoms with Crippen molar-refractivity contribution in [2.75, 3.05) is 31.6 Å². The highest BCUT2D eigenvalue weighted by molar-refractivity contribution is 6.13. The molecule has 0 radical (unpaired) electrons. The first-order valence-electron chi connectivity index (χ1n) is 13.6. The van der Waals surface area contributed by atoms with Crippen molar-refractivity contribution in [2.24, 2.45) is 5.73 Å². The van der Waals surface area contributed by atoms with Gasteiger partial charge in [0.2, 0.25) is 0 Å². The molecule has 11 nitrogen and oxygen atoms in total. The molecule has 42 heavy (non-hydrogen) atoms. The van der Waals surface area contributed by atoms with Gasteiger partial charge in [-0.2, -0.15) is 5.26 Å². The minimum absolute atomic E-state index is 0.0587. The lowest BCUT2D eigenvalue weighted by Gasteiger charge is -2.29. The van der Waals surface area contributed by atoms with Gasteiger partial charge in [0, 0.05) is 28.8 Å². The zero-order chi connectivity index (χ0) is 30.6. The third-order valence-electron chi connectivity index (χ3n) is 6.85. The number of carbonyl (C=O) groups is 3. The van der Waals surface area contributed by atoms with Crippen molar-refractivity contribution in [3.05, 3.63) is 66.0 Å². The number of piperidine rings is 1. The summed E-state index contributed by atoms with van der Waals surface area (Å²) in [5.41, 5.74) is 5.97. The summed E-state index contributed by atoms with van der Waals surface area (Å²) in [6, 6.07) is 12.1. The van der Waals surface area contributed by atoms with Crippen molar-refractivity contribution in [1.82, 2.24) is 20.2 Å². The van der Waals surface area contributed by atoms with Crippen LogP contribution < -0.4 is 16.0 Å². The molecule has 1 saturated heterocycles. The molecule has 4 rings (SSSR count). The lowest BCUT2D eigenvalue weighted by Crippen LogP contribution is -2.43. The Labute approximate surface area is 245 Å². The number of carbonyl (C=O) groups excluding carboxylic acids is 3. The van der Waals surface area contributed by atoms with Crippen molar-refractivity contribution in [2.45, 2.75) is 45.3 Å². The van der Waals surface area contributed by atoms with E-state index in [2.05, 4.69) is 33.8 Å². The van der Waals surface area contributed by atoms with Crippen molar-refractivity contribution >= 4 is 34.4 Å².